The van der Waals surface area contributed by atoms with Gasteiger partial charge in [-0.25, -0.2) is 0 Å². The van der Waals surface area contributed by atoms with Gasteiger partial charge in [0.1, 0.15) is 0 Å². The Morgan fingerprint density at radius 2 is 2.38 bits per heavy atom. The van der Waals surface area contributed by atoms with E-state index in [-0.39, 0.29) is 6.01 Å². The van der Waals surface area contributed by atoms with E-state index in [0.717, 1.165) is 0 Å². The minimum Gasteiger partial charge on any atom is -0.390 e. The summed E-state index contributed by atoms with van der Waals surface area (Å²) in [6.07, 6.45) is 0. The van der Waals surface area contributed by atoms with Crippen molar-refractivity contribution in [3.05, 3.63) is 0 Å². The lowest BCUT2D eigenvalue weighted by atomic mass is 11.1. The summed E-state index contributed by atoms with van der Waals surface area (Å²) >= 11 is 0. The molecule has 1 aromatic rings. The lowest BCUT2D eigenvalue weighted by molar-refractivity contribution is 0.591. The quantitative estimate of drug-likeness (QED) is 0.523. The molecule has 1 rings (SSSR count). The third-order valence-electron chi connectivity index (χ3n) is 0.654. The molecule has 0 saturated heterocycles. The molecular formula is C3H6N4O. The van der Waals surface area contributed by atoms with Crippen LogP contribution in [-0.2, 0) is 0 Å². The monoisotopic (exact) mass is 114 g/mol. The van der Waals surface area contributed by atoms with E-state index >= 15 is 0 Å². The van der Waals surface area contributed by atoms with Crippen LogP contribution in [0.2, 0.25) is 0 Å². The van der Waals surface area contributed by atoms with E-state index in [0.29, 0.717) is 6.01 Å². The molecule has 0 aliphatic carbocycles. The van der Waals surface area contributed by atoms with Crippen molar-refractivity contribution in [1.82, 2.24) is 10.2 Å². The van der Waals surface area contributed by atoms with Crippen molar-refractivity contribution in [1.29, 1.82) is 0 Å². The summed E-state index contributed by atoms with van der Waals surface area (Å²) in [5.74, 6) is 0. The van der Waals surface area contributed by atoms with Crippen molar-refractivity contribution >= 4 is 12.0 Å². The fraction of sp³-hybridized carbons (Fsp3) is 0.333. The van der Waals surface area contributed by atoms with Gasteiger partial charge in [-0.15, -0.1) is 0 Å². The molecule has 5 heteroatoms. The zero-order valence-corrected chi connectivity index (χ0v) is 4.38. The number of hydrogen-bond donors (Lipinski definition) is 2. The van der Waals surface area contributed by atoms with Crippen molar-refractivity contribution in [3.63, 3.8) is 0 Å². The van der Waals surface area contributed by atoms with Crippen LogP contribution < -0.4 is 11.1 Å². The third kappa shape index (κ3) is 0.699. The molecule has 0 aliphatic rings. The van der Waals surface area contributed by atoms with Crippen LogP contribution in [0.4, 0.5) is 12.0 Å². The lowest BCUT2D eigenvalue weighted by Crippen LogP contribution is -1.85. The van der Waals surface area contributed by atoms with Crippen LogP contribution in [0, 0.1) is 0 Å². The van der Waals surface area contributed by atoms with E-state index in [9.17, 15) is 0 Å². The Hall–Kier alpha value is -1.26. The second-order valence-corrected chi connectivity index (χ2v) is 1.20. The van der Waals surface area contributed by atoms with E-state index in [2.05, 4.69) is 19.9 Å². The first-order valence-electron chi connectivity index (χ1n) is 2.09. The number of anilines is 2. The predicted octanol–water partition coefficient (Wildman–Crippen LogP) is -0.307. The van der Waals surface area contributed by atoms with E-state index in [4.69, 9.17) is 5.73 Å². The van der Waals surface area contributed by atoms with Crippen molar-refractivity contribution in [2.24, 2.45) is 0 Å². The number of nitrogens with two attached hydrogens (primary N) is 1. The minimum absolute atomic E-state index is 0.0781. The van der Waals surface area contributed by atoms with Gasteiger partial charge in [-0.1, -0.05) is 10.2 Å². The Labute approximate surface area is 45.9 Å². The topological polar surface area (TPSA) is 77.0 Å². The maximum atomic E-state index is 5.07. The summed E-state index contributed by atoms with van der Waals surface area (Å²) in [7, 11) is 1.67. The molecule has 44 valence electrons. The molecule has 0 bridgehead atoms. The fourth-order valence-corrected chi connectivity index (χ4v) is 0.336. The first kappa shape index (κ1) is 4.89. The third-order valence-corrected chi connectivity index (χ3v) is 0.654. The van der Waals surface area contributed by atoms with E-state index < -0.39 is 0 Å². The minimum atomic E-state index is 0.0781. The van der Waals surface area contributed by atoms with Gasteiger partial charge >= 0.3 is 12.0 Å². The van der Waals surface area contributed by atoms with Gasteiger partial charge in [0.2, 0.25) is 0 Å². The molecule has 5 nitrogen and oxygen atoms in total. The summed E-state index contributed by atoms with van der Waals surface area (Å²) in [6, 6.07) is 0.414. The Balaban J connectivity index is 2.84. The maximum absolute atomic E-state index is 5.07. The first-order valence-corrected chi connectivity index (χ1v) is 2.09. The van der Waals surface area contributed by atoms with Crippen molar-refractivity contribution < 1.29 is 4.42 Å². The Bertz CT molecular complexity index is 172. The number of nitrogen functional groups attached to an aromatic ring is 1. The molecular weight excluding hydrogens is 108 g/mol. The van der Waals surface area contributed by atoms with Crippen LogP contribution in [0.1, 0.15) is 0 Å². The summed E-state index contributed by atoms with van der Waals surface area (Å²) < 4.78 is 4.68. The molecule has 1 heterocycles. The number of hydrogen-bond acceptors (Lipinski definition) is 5. The summed E-state index contributed by atoms with van der Waals surface area (Å²) in [5, 5.41) is 9.50. The summed E-state index contributed by atoms with van der Waals surface area (Å²) in [5.41, 5.74) is 5.07. The molecule has 0 aromatic carbocycles. The van der Waals surface area contributed by atoms with E-state index in [1.807, 2.05) is 0 Å². The fourth-order valence-electron chi connectivity index (χ4n) is 0.336. The molecule has 0 aliphatic heterocycles. The largest absolute Gasteiger partial charge is 0.390 e. The van der Waals surface area contributed by atoms with Gasteiger partial charge in [-0.2, -0.15) is 0 Å². The highest BCUT2D eigenvalue weighted by Crippen LogP contribution is 2.02. The normalized spacial score (nSPS) is 9.12. The standard InChI is InChI=1S/C3H6N4O/c1-5-3-7-6-2(4)8-3/h1H3,(H2,4,6)(H,5,7). The molecule has 0 fully saturated rings. The van der Waals surface area contributed by atoms with Gasteiger partial charge in [-0.05, 0) is 0 Å². The number of nitrogens with one attached hydrogen (secondary N) is 1. The number of rotatable bonds is 1. The molecule has 0 unspecified atom stereocenters. The van der Waals surface area contributed by atoms with E-state index in [1.54, 1.807) is 7.05 Å². The zero-order chi connectivity index (χ0) is 5.98. The molecule has 0 saturated carbocycles. The van der Waals surface area contributed by atoms with Gasteiger partial charge in [-0.3, -0.25) is 0 Å². The van der Waals surface area contributed by atoms with Crippen LogP contribution in [0.3, 0.4) is 0 Å². The Kier molecular flexibility index (Phi) is 1.03. The number of aromatic nitrogens is 2. The average molecular weight is 114 g/mol. The molecule has 3 N–H and O–H groups in total. The zero-order valence-electron chi connectivity index (χ0n) is 4.38. The molecule has 1 aromatic heterocycles. The van der Waals surface area contributed by atoms with Gasteiger partial charge in [0, 0.05) is 7.05 Å². The highest BCUT2D eigenvalue weighted by atomic mass is 16.4. The predicted molar refractivity (Wildman–Crippen MR) is 28.3 cm³/mol. The molecule has 0 spiro atoms. The van der Waals surface area contributed by atoms with Crippen LogP contribution >= 0.6 is 0 Å². The number of nitrogens with zero attached hydrogens (tertiary/aromatic N) is 2. The van der Waals surface area contributed by atoms with Crippen LogP contribution in [-0.4, -0.2) is 17.2 Å². The summed E-state index contributed by atoms with van der Waals surface area (Å²) in [4.78, 5) is 0. The Morgan fingerprint density at radius 1 is 1.62 bits per heavy atom. The van der Waals surface area contributed by atoms with Gasteiger partial charge in [0.05, 0.1) is 0 Å². The Morgan fingerprint density at radius 3 is 2.62 bits per heavy atom. The van der Waals surface area contributed by atoms with Gasteiger partial charge in [0.25, 0.3) is 0 Å². The van der Waals surface area contributed by atoms with Crippen molar-refractivity contribution in [3.8, 4) is 0 Å². The highest BCUT2D eigenvalue weighted by molar-refractivity contribution is 5.20. The first-order chi connectivity index (χ1) is 3.83. The molecule has 0 atom stereocenters. The second kappa shape index (κ2) is 1.69. The lowest BCUT2D eigenvalue weighted by Gasteiger charge is -1.82. The van der Waals surface area contributed by atoms with Gasteiger partial charge < -0.3 is 15.5 Å². The molecule has 0 radical (unpaired) electrons. The molecule has 0 amide bonds. The summed E-state index contributed by atoms with van der Waals surface area (Å²) in [6.45, 7) is 0. The van der Waals surface area contributed by atoms with Gasteiger partial charge in [0.15, 0.2) is 0 Å². The maximum Gasteiger partial charge on any atom is 0.316 e. The van der Waals surface area contributed by atoms with Crippen LogP contribution in [0.5, 0.6) is 0 Å². The smallest absolute Gasteiger partial charge is 0.316 e. The van der Waals surface area contributed by atoms with E-state index in [1.165, 1.54) is 0 Å². The molecule has 8 heavy (non-hydrogen) atoms. The second-order valence-electron chi connectivity index (χ2n) is 1.20. The highest BCUT2D eigenvalue weighted by Gasteiger charge is 1.95. The van der Waals surface area contributed by atoms with Crippen molar-refractivity contribution in [2.45, 2.75) is 0 Å². The SMILES string of the molecule is CNc1nnc(N)o1. The average Bonchev–Trinajstić information content (AvgIpc) is 2.14. The van der Waals surface area contributed by atoms with Crippen molar-refractivity contribution in [2.75, 3.05) is 18.1 Å². The van der Waals surface area contributed by atoms with Crippen LogP contribution in [0.25, 0.3) is 0 Å². The van der Waals surface area contributed by atoms with Crippen LogP contribution in [0.15, 0.2) is 4.42 Å².